The van der Waals surface area contributed by atoms with E-state index in [1.165, 1.54) is 11.0 Å². The molecule has 0 saturated heterocycles. The maximum atomic E-state index is 13.4. The summed E-state index contributed by atoms with van der Waals surface area (Å²) < 4.78 is 26.2. The Morgan fingerprint density at radius 1 is 1.12 bits per heavy atom. The van der Waals surface area contributed by atoms with Gasteiger partial charge >= 0.3 is 0 Å². The highest BCUT2D eigenvalue weighted by molar-refractivity contribution is 7.92. The lowest BCUT2D eigenvalue weighted by Crippen LogP contribution is -2.52. The molecule has 0 aliphatic carbocycles. The van der Waals surface area contributed by atoms with Crippen molar-refractivity contribution in [3.05, 3.63) is 64.7 Å². The maximum Gasteiger partial charge on any atom is 0.244 e. The van der Waals surface area contributed by atoms with Gasteiger partial charge in [-0.2, -0.15) is 0 Å². The van der Waals surface area contributed by atoms with E-state index in [2.05, 4.69) is 5.32 Å². The first kappa shape index (κ1) is 27.7. The molecule has 2 rings (SSSR count). The third-order valence-electron chi connectivity index (χ3n) is 5.60. The topological polar surface area (TPSA) is 86.8 Å². The molecule has 9 heteroatoms. The standard InChI is InChI=1S/C25H34ClN3O4S/c1-5-6-15-27-25(31)20(3)28(16-14-21-10-8-7-9-11-21)24(30)18-29(34(4,32)33)22-13-12-19(2)23(26)17-22/h7-13,17,20H,5-6,14-16,18H2,1-4H3,(H,27,31). The van der Waals surface area contributed by atoms with Crippen molar-refractivity contribution in [3.8, 4) is 0 Å². The minimum Gasteiger partial charge on any atom is -0.354 e. The van der Waals surface area contributed by atoms with E-state index in [1.807, 2.05) is 44.2 Å². The largest absolute Gasteiger partial charge is 0.354 e. The van der Waals surface area contributed by atoms with Crippen molar-refractivity contribution in [1.82, 2.24) is 10.2 Å². The van der Waals surface area contributed by atoms with Crippen LogP contribution in [0.5, 0.6) is 0 Å². The highest BCUT2D eigenvalue weighted by Crippen LogP contribution is 2.25. The number of hydrogen-bond acceptors (Lipinski definition) is 4. The number of nitrogens with one attached hydrogen (secondary N) is 1. The monoisotopic (exact) mass is 507 g/mol. The van der Waals surface area contributed by atoms with Crippen LogP contribution in [-0.2, 0) is 26.0 Å². The van der Waals surface area contributed by atoms with Crippen LogP contribution in [0.25, 0.3) is 0 Å². The summed E-state index contributed by atoms with van der Waals surface area (Å²) >= 11 is 6.21. The summed E-state index contributed by atoms with van der Waals surface area (Å²) in [5.41, 5.74) is 2.12. The van der Waals surface area contributed by atoms with Gasteiger partial charge in [0.15, 0.2) is 0 Å². The molecule has 0 aliphatic heterocycles. The Balaban J connectivity index is 2.29. The minimum atomic E-state index is -3.78. The number of carbonyl (C=O) groups excluding carboxylic acids is 2. The Morgan fingerprint density at radius 3 is 2.38 bits per heavy atom. The Kier molecular flexibility index (Phi) is 10.4. The molecule has 0 bridgehead atoms. The van der Waals surface area contributed by atoms with Crippen LogP contribution in [0.15, 0.2) is 48.5 Å². The average molecular weight is 508 g/mol. The van der Waals surface area contributed by atoms with E-state index in [4.69, 9.17) is 11.6 Å². The number of unbranched alkanes of at least 4 members (excludes halogenated alkanes) is 1. The van der Waals surface area contributed by atoms with Crippen molar-refractivity contribution in [2.45, 2.75) is 46.1 Å². The highest BCUT2D eigenvalue weighted by atomic mass is 35.5. The van der Waals surface area contributed by atoms with E-state index in [-0.39, 0.29) is 12.5 Å². The lowest BCUT2D eigenvalue weighted by molar-refractivity contribution is -0.138. The first-order chi connectivity index (χ1) is 16.0. The third-order valence-corrected chi connectivity index (χ3v) is 7.15. The molecular weight excluding hydrogens is 474 g/mol. The molecule has 0 saturated carbocycles. The van der Waals surface area contributed by atoms with Crippen LogP contribution in [0.2, 0.25) is 5.02 Å². The maximum absolute atomic E-state index is 13.4. The number of aryl methyl sites for hydroxylation is 1. The van der Waals surface area contributed by atoms with Gasteiger partial charge in [-0.1, -0.05) is 61.3 Å². The summed E-state index contributed by atoms with van der Waals surface area (Å²) in [6.45, 7) is 5.88. The molecule has 2 amide bonds. The predicted octanol–water partition coefficient (Wildman–Crippen LogP) is 3.79. The number of anilines is 1. The van der Waals surface area contributed by atoms with E-state index in [0.717, 1.165) is 34.5 Å². The van der Waals surface area contributed by atoms with Crippen LogP contribution >= 0.6 is 11.6 Å². The van der Waals surface area contributed by atoms with Crippen LogP contribution in [0, 0.1) is 6.92 Å². The van der Waals surface area contributed by atoms with Crippen LogP contribution in [0.4, 0.5) is 5.69 Å². The van der Waals surface area contributed by atoms with Gasteiger partial charge < -0.3 is 10.2 Å². The second kappa shape index (κ2) is 12.8. The number of halogens is 1. The summed E-state index contributed by atoms with van der Waals surface area (Å²) in [6.07, 6.45) is 3.36. The lowest BCUT2D eigenvalue weighted by atomic mass is 10.1. The molecule has 1 unspecified atom stereocenters. The molecule has 0 spiro atoms. The zero-order valence-corrected chi connectivity index (χ0v) is 21.8. The molecule has 2 aromatic carbocycles. The smallest absolute Gasteiger partial charge is 0.244 e. The van der Waals surface area contributed by atoms with Crippen LogP contribution in [-0.4, -0.2) is 57.1 Å². The third kappa shape index (κ3) is 8.02. The van der Waals surface area contributed by atoms with E-state index in [0.29, 0.717) is 23.7 Å². The predicted molar refractivity (Wildman–Crippen MR) is 138 cm³/mol. The zero-order chi connectivity index (χ0) is 25.3. The van der Waals surface area contributed by atoms with E-state index >= 15 is 0 Å². The molecule has 1 N–H and O–H groups in total. The second-order valence-corrected chi connectivity index (χ2v) is 10.7. The SMILES string of the molecule is CCCCNC(=O)C(C)N(CCc1ccccc1)C(=O)CN(c1ccc(C)c(Cl)c1)S(C)(=O)=O. The number of nitrogens with zero attached hydrogens (tertiary/aromatic N) is 2. The van der Waals surface area contributed by atoms with Crippen molar-refractivity contribution < 1.29 is 18.0 Å². The number of benzene rings is 2. The van der Waals surface area contributed by atoms with Gasteiger partial charge in [-0.15, -0.1) is 0 Å². The number of hydrogen-bond donors (Lipinski definition) is 1. The van der Waals surface area contributed by atoms with E-state index < -0.39 is 28.5 Å². The molecule has 186 valence electrons. The highest BCUT2D eigenvalue weighted by Gasteiger charge is 2.29. The molecule has 34 heavy (non-hydrogen) atoms. The number of carbonyl (C=O) groups is 2. The summed E-state index contributed by atoms with van der Waals surface area (Å²) in [5.74, 6) is -0.727. The van der Waals surface area contributed by atoms with E-state index in [1.54, 1.807) is 19.1 Å². The zero-order valence-electron chi connectivity index (χ0n) is 20.3. The molecule has 2 aromatic rings. The molecule has 0 heterocycles. The fourth-order valence-corrected chi connectivity index (χ4v) is 4.47. The molecule has 1 atom stereocenters. The van der Waals surface area contributed by atoms with Crippen molar-refractivity contribution in [1.29, 1.82) is 0 Å². The Morgan fingerprint density at radius 2 is 1.79 bits per heavy atom. The van der Waals surface area contributed by atoms with Crippen LogP contribution in [0.1, 0.15) is 37.8 Å². The van der Waals surface area contributed by atoms with Crippen molar-refractivity contribution in [3.63, 3.8) is 0 Å². The van der Waals surface area contributed by atoms with Crippen molar-refractivity contribution in [2.24, 2.45) is 0 Å². The number of sulfonamides is 1. The number of amides is 2. The first-order valence-corrected chi connectivity index (χ1v) is 13.6. The van der Waals surface area contributed by atoms with Gasteiger partial charge in [0.05, 0.1) is 11.9 Å². The Hall–Kier alpha value is -2.58. The van der Waals surface area contributed by atoms with Gasteiger partial charge in [0, 0.05) is 18.1 Å². The molecule has 0 fully saturated rings. The van der Waals surface area contributed by atoms with Crippen molar-refractivity contribution in [2.75, 3.05) is 30.2 Å². The molecule has 0 aromatic heterocycles. The van der Waals surface area contributed by atoms with E-state index in [9.17, 15) is 18.0 Å². The summed E-state index contributed by atoms with van der Waals surface area (Å²) in [4.78, 5) is 27.6. The molecule has 7 nitrogen and oxygen atoms in total. The lowest BCUT2D eigenvalue weighted by Gasteiger charge is -2.31. The molecule has 0 aliphatic rings. The number of rotatable bonds is 12. The average Bonchev–Trinajstić information content (AvgIpc) is 2.79. The fraction of sp³-hybridized carbons (Fsp3) is 0.440. The normalized spacial score (nSPS) is 12.1. The van der Waals surface area contributed by atoms with Gasteiger partial charge in [-0.05, 0) is 49.9 Å². The van der Waals surface area contributed by atoms with Crippen LogP contribution < -0.4 is 9.62 Å². The van der Waals surface area contributed by atoms with Gasteiger partial charge in [-0.25, -0.2) is 8.42 Å². The van der Waals surface area contributed by atoms with Gasteiger partial charge in [0.1, 0.15) is 12.6 Å². The van der Waals surface area contributed by atoms with Crippen molar-refractivity contribution >= 4 is 39.1 Å². The van der Waals surface area contributed by atoms with Crippen LogP contribution in [0.3, 0.4) is 0 Å². The van der Waals surface area contributed by atoms with Gasteiger partial charge in [-0.3, -0.25) is 13.9 Å². The Labute approximate surface area is 208 Å². The first-order valence-electron chi connectivity index (χ1n) is 11.4. The van der Waals surface area contributed by atoms with Gasteiger partial charge in [0.25, 0.3) is 0 Å². The fourth-order valence-electron chi connectivity index (χ4n) is 3.46. The second-order valence-electron chi connectivity index (χ2n) is 8.35. The Bertz CT molecular complexity index is 1080. The summed E-state index contributed by atoms with van der Waals surface area (Å²) in [5, 5.41) is 3.27. The summed E-state index contributed by atoms with van der Waals surface area (Å²) in [6, 6.07) is 13.7. The molecule has 0 radical (unpaired) electrons. The van der Waals surface area contributed by atoms with Gasteiger partial charge in [0.2, 0.25) is 21.8 Å². The quantitative estimate of drug-likeness (QED) is 0.443. The molecular formula is C25H34ClN3O4S. The summed E-state index contributed by atoms with van der Waals surface area (Å²) in [7, 11) is -3.78. The minimum absolute atomic E-state index is 0.265.